The summed E-state index contributed by atoms with van der Waals surface area (Å²) < 4.78 is 49.3. The molecule has 5 nitrogen and oxygen atoms in total. The summed E-state index contributed by atoms with van der Waals surface area (Å²) in [4.78, 5) is 3.89. The number of halogens is 3. The van der Waals surface area contributed by atoms with Crippen LogP contribution in [0, 0.1) is 0 Å². The molecule has 0 aliphatic rings. The Morgan fingerprint density at radius 1 is 1.30 bits per heavy atom. The van der Waals surface area contributed by atoms with E-state index in [0.29, 0.717) is 5.75 Å². The number of hydrogen-bond donors (Lipinski definition) is 1. The Balaban J connectivity index is 2.23. The Labute approximate surface area is 132 Å². The van der Waals surface area contributed by atoms with Crippen molar-refractivity contribution in [3.8, 4) is 34.1 Å². The molecule has 120 valence electrons. The van der Waals surface area contributed by atoms with Crippen LogP contribution < -0.4 is 4.74 Å². The molecule has 0 fully saturated rings. The monoisotopic (exact) mass is 342 g/mol. The second kappa shape index (κ2) is 5.58. The first-order valence-corrected chi connectivity index (χ1v) is 7.19. The number of ether oxygens (including phenoxy) is 1. The lowest BCUT2D eigenvalue weighted by molar-refractivity contribution is -0.142. The molecule has 0 aliphatic carbocycles. The van der Waals surface area contributed by atoms with Crippen LogP contribution in [0.2, 0.25) is 0 Å². The first-order valence-electron chi connectivity index (χ1n) is 6.24. The molecule has 0 atom stereocenters. The zero-order valence-electron chi connectivity index (χ0n) is 11.6. The van der Waals surface area contributed by atoms with Gasteiger partial charge in [-0.25, -0.2) is 4.98 Å². The fraction of sp³-hybridized carbons (Fsp3) is 0.143. The summed E-state index contributed by atoms with van der Waals surface area (Å²) in [7, 11) is 1.41. The maximum absolute atomic E-state index is 13.2. The van der Waals surface area contributed by atoms with Crippen LogP contribution in [0.15, 0.2) is 33.6 Å². The zero-order valence-corrected chi connectivity index (χ0v) is 12.4. The first-order chi connectivity index (χ1) is 10.9. The van der Waals surface area contributed by atoms with E-state index in [9.17, 15) is 18.3 Å². The number of phenolic OH excluding ortho intramolecular Hbond substituents is 1. The van der Waals surface area contributed by atoms with Crippen LogP contribution in [-0.2, 0) is 6.18 Å². The van der Waals surface area contributed by atoms with E-state index in [0.717, 1.165) is 11.3 Å². The fourth-order valence-electron chi connectivity index (χ4n) is 2.07. The number of aromatic hydroxyl groups is 1. The molecule has 0 aliphatic heterocycles. The normalized spacial score (nSPS) is 11.7. The van der Waals surface area contributed by atoms with E-state index in [1.54, 1.807) is 0 Å². The number of aromatic nitrogens is 2. The van der Waals surface area contributed by atoms with Crippen LogP contribution in [0.1, 0.15) is 5.69 Å². The van der Waals surface area contributed by atoms with Gasteiger partial charge in [0.25, 0.3) is 0 Å². The predicted octanol–water partition coefficient (Wildman–Crippen LogP) is 4.20. The summed E-state index contributed by atoms with van der Waals surface area (Å²) in [5.41, 5.74) is 0.0542. The van der Waals surface area contributed by atoms with Gasteiger partial charge in [0, 0.05) is 11.4 Å². The van der Waals surface area contributed by atoms with Crippen LogP contribution in [0.25, 0.3) is 22.6 Å². The van der Waals surface area contributed by atoms with Crippen molar-refractivity contribution in [3.63, 3.8) is 0 Å². The van der Waals surface area contributed by atoms with Crippen molar-refractivity contribution in [2.45, 2.75) is 6.18 Å². The van der Waals surface area contributed by atoms with Gasteiger partial charge in [-0.1, -0.05) is 5.16 Å². The third kappa shape index (κ3) is 2.74. The average molecular weight is 342 g/mol. The highest BCUT2D eigenvalue weighted by Crippen LogP contribution is 2.44. The van der Waals surface area contributed by atoms with Gasteiger partial charge in [0.05, 0.1) is 29.4 Å². The van der Waals surface area contributed by atoms with Crippen molar-refractivity contribution >= 4 is 11.3 Å². The van der Waals surface area contributed by atoms with E-state index in [1.165, 1.54) is 36.2 Å². The van der Waals surface area contributed by atoms with E-state index in [1.807, 2.05) is 0 Å². The van der Waals surface area contributed by atoms with E-state index >= 15 is 0 Å². The summed E-state index contributed by atoms with van der Waals surface area (Å²) >= 11 is 1.14. The highest BCUT2D eigenvalue weighted by molar-refractivity contribution is 7.07. The Hall–Kier alpha value is -2.55. The van der Waals surface area contributed by atoms with Gasteiger partial charge in [-0.3, -0.25) is 0 Å². The summed E-state index contributed by atoms with van der Waals surface area (Å²) in [6.45, 7) is 0. The first kappa shape index (κ1) is 15.3. The molecule has 0 amide bonds. The molecule has 1 N–H and O–H groups in total. The van der Waals surface area contributed by atoms with E-state index in [-0.39, 0.29) is 28.3 Å². The Bertz CT molecular complexity index is 828. The highest BCUT2D eigenvalue weighted by Gasteiger charge is 2.41. The second-order valence-corrected chi connectivity index (χ2v) is 5.21. The number of benzene rings is 1. The van der Waals surface area contributed by atoms with Crippen molar-refractivity contribution in [1.29, 1.82) is 0 Å². The van der Waals surface area contributed by atoms with E-state index in [2.05, 4.69) is 10.1 Å². The Morgan fingerprint density at radius 2 is 2.09 bits per heavy atom. The minimum absolute atomic E-state index is 0.0665. The molecule has 2 aromatic heterocycles. The molecular weight excluding hydrogens is 333 g/mol. The van der Waals surface area contributed by atoms with Crippen molar-refractivity contribution in [1.82, 2.24) is 10.1 Å². The van der Waals surface area contributed by atoms with Crippen LogP contribution in [0.5, 0.6) is 11.5 Å². The number of alkyl halides is 3. The fourth-order valence-corrected chi connectivity index (χ4v) is 2.61. The molecule has 0 saturated heterocycles. The van der Waals surface area contributed by atoms with Gasteiger partial charge in [0.15, 0.2) is 11.5 Å². The van der Waals surface area contributed by atoms with Crippen LogP contribution in [0.4, 0.5) is 13.2 Å². The molecule has 0 radical (unpaired) electrons. The van der Waals surface area contributed by atoms with Crippen LogP contribution >= 0.6 is 11.3 Å². The van der Waals surface area contributed by atoms with E-state index in [4.69, 9.17) is 9.26 Å². The minimum atomic E-state index is -4.71. The third-order valence-electron chi connectivity index (χ3n) is 3.10. The summed E-state index contributed by atoms with van der Waals surface area (Å²) in [6.07, 6.45) is -4.71. The number of methoxy groups -OCH3 is 1. The largest absolute Gasteiger partial charge is 0.507 e. The molecule has 0 spiro atoms. The van der Waals surface area contributed by atoms with Crippen LogP contribution in [-0.4, -0.2) is 22.4 Å². The molecular formula is C14H9F3N2O3S. The van der Waals surface area contributed by atoms with Gasteiger partial charge in [0.1, 0.15) is 11.5 Å². The second-order valence-electron chi connectivity index (χ2n) is 4.49. The summed E-state index contributed by atoms with van der Waals surface area (Å²) in [5, 5.41) is 14.6. The van der Waals surface area contributed by atoms with Gasteiger partial charge >= 0.3 is 6.18 Å². The standard InChI is InChI=1S/C14H9F3N2O3S/c1-21-7-2-3-8(10(20)4-7)12-11(9-5-23-6-18-9)13(19-22-12)14(15,16)17/h2-6,20H,1H3. The topological polar surface area (TPSA) is 68.4 Å². The van der Waals surface area contributed by atoms with Gasteiger partial charge in [-0.05, 0) is 12.1 Å². The van der Waals surface area contributed by atoms with Gasteiger partial charge in [-0.15, -0.1) is 11.3 Å². The predicted molar refractivity (Wildman–Crippen MR) is 76.3 cm³/mol. The molecule has 2 heterocycles. The molecule has 9 heteroatoms. The lowest BCUT2D eigenvalue weighted by Crippen LogP contribution is -2.07. The SMILES string of the molecule is COc1ccc(-c2onc(C(F)(F)F)c2-c2cscn2)c(O)c1. The molecule has 3 rings (SSSR count). The molecule has 3 aromatic rings. The quantitative estimate of drug-likeness (QED) is 0.773. The van der Waals surface area contributed by atoms with Crippen LogP contribution in [0.3, 0.4) is 0 Å². The Morgan fingerprint density at radius 3 is 2.65 bits per heavy atom. The summed E-state index contributed by atoms with van der Waals surface area (Å²) in [6, 6.07) is 4.16. The smallest absolute Gasteiger partial charge is 0.437 e. The number of hydrogen-bond acceptors (Lipinski definition) is 6. The maximum atomic E-state index is 13.2. The molecule has 0 saturated carbocycles. The zero-order chi connectivity index (χ0) is 16.6. The molecule has 1 aromatic carbocycles. The minimum Gasteiger partial charge on any atom is -0.507 e. The van der Waals surface area contributed by atoms with Gasteiger partial charge < -0.3 is 14.4 Å². The van der Waals surface area contributed by atoms with Crippen molar-refractivity contribution in [3.05, 3.63) is 34.8 Å². The average Bonchev–Trinajstić information content (AvgIpc) is 3.14. The number of phenols is 1. The van der Waals surface area contributed by atoms with Gasteiger partial charge in [-0.2, -0.15) is 13.2 Å². The maximum Gasteiger partial charge on any atom is 0.437 e. The molecule has 23 heavy (non-hydrogen) atoms. The van der Waals surface area contributed by atoms with E-state index < -0.39 is 11.9 Å². The molecule has 0 bridgehead atoms. The highest BCUT2D eigenvalue weighted by atomic mass is 32.1. The van der Waals surface area contributed by atoms with Crippen molar-refractivity contribution < 1.29 is 27.5 Å². The number of thiazole rings is 1. The lowest BCUT2D eigenvalue weighted by atomic mass is 10.0. The summed E-state index contributed by atoms with van der Waals surface area (Å²) in [5.74, 6) is -0.133. The van der Waals surface area contributed by atoms with Gasteiger partial charge in [0.2, 0.25) is 0 Å². The lowest BCUT2D eigenvalue weighted by Gasteiger charge is -2.07. The number of rotatable bonds is 3. The molecule has 0 unspecified atom stereocenters. The third-order valence-corrected chi connectivity index (χ3v) is 3.69. The number of nitrogens with zero attached hydrogens (tertiary/aromatic N) is 2. The Kier molecular flexibility index (Phi) is 3.72. The van der Waals surface area contributed by atoms with Crippen molar-refractivity contribution in [2.75, 3.05) is 7.11 Å². The van der Waals surface area contributed by atoms with Crippen molar-refractivity contribution in [2.24, 2.45) is 0 Å².